The van der Waals surface area contributed by atoms with Crippen molar-refractivity contribution in [1.82, 2.24) is 0 Å². The van der Waals surface area contributed by atoms with E-state index in [9.17, 15) is 5.11 Å². The van der Waals surface area contributed by atoms with Crippen LogP contribution in [-0.2, 0) is 3.16 Å². The Morgan fingerprint density at radius 3 is 2.67 bits per heavy atom. The molecule has 0 amide bonds. The van der Waals surface area contributed by atoms with Gasteiger partial charge < -0.3 is 0 Å². The first-order valence-electron chi connectivity index (χ1n) is 2.62. The number of hydrogen-bond donors (Lipinski definition) is 1. The van der Waals surface area contributed by atoms with E-state index >= 15 is 0 Å². The van der Waals surface area contributed by atoms with Crippen LogP contribution in [0.1, 0.15) is 11.8 Å². The second-order valence-electron chi connectivity index (χ2n) is 2.05. The SMILES string of the molecule is C[C](O)([Pb])c1cccs1. The molecule has 3 heteroatoms. The summed E-state index contributed by atoms with van der Waals surface area (Å²) in [7, 11) is 0. The Kier molecular flexibility index (Phi) is 2.28. The molecule has 0 saturated carbocycles. The van der Waals surface area contributed by atoms with Crippen molar-refractivity contribution in [2.75, 3.05) is 0 Å². The molecule has 3 radical (unpaired) electrons. The molecule has 1 aromatic heterocycles. The monoisotopic (exact) mass is 335 g/mol. The zero-order valence-corrected chi connectivity index (χ0v) is 9.79. The number of thiophene rings is 1. The Morgan fingerprint density at radius 1 is 1.78 bits per heavy atom. The van der Waals surface area contributed by atoms with E-state index in [1.54, 1.807) is 11.3 Å². The summed E-state index contributed by atoms with van der Waals surface area (Å²) in [6.07, 6.45) is 0. The Morgan fingerprint density at radius 2 is 2.44 bits per heavy atom. The second kappa shape index (κ2) is 2.67. The van der Waals surface area contributed by atoms with Gasteiger partial charge in [-0.25, -0.2) is 0 Å². The molecule has 1 atom stereocenters. The topological polar surface area (TPSA) is 20.2 Å². The van der Waals surface area contributed by atoms with Crippen molar-refractivity contribution in [1.29, 1.82) is 0 Å². The van der Waals surface area contributed by atoms with Gasteiger partial charge in [0.15, 0.2) is 0 Å². The van der Waals surface area contributed by atoms with E-state index in [-0.39, 0.29) is 0 Å². The molecule has 0 bridgehead atoms. The van der Waals surface area contributed by atoms with Crippen LogP contribution in [0.25, 0.3) is 0 Å². The van der Waals surface area contributed by atoms with Crippen molar-refractivity contribution in [2.24, 2.45) is 0 Å². The van der Waals surface area contributed by atoms with Gasteiger partial charge in [-0.05, 0) is 0 Å². The molecule has 1 N–H and O–H groups in total. The Bertz CT molecular complexity index is 175. The number of aliphatic hydroxyl groups is 1. The van der Waals surface area contributed by atoms with Crippen LogP contribution < -0.4 is 0 Å². The van der Waals surface area contributed by atoms with Crippen molar-refractivity contribution >= 4 is 37.1 Å². The second-order valence-corrected chi connectivity index (χ2v) is 6.78. The van der Waals surface area contributed by atoms with Gasteiger partial charge in [0.2, 0.25) is 0 Å². The molecule has 1 heterocycles. The average molecular weight is 334 g/mol. The summed E-state index contributed by atoms with van der Waals surface area (Å²) in [6, 6.07) is 3.93. The molecule has 0 spiro atoms. The Balaban J connectivity index is 2.90. The zero-order chi connectivity index (χ0) is 6.91. The first-order chi connectivity index (χ1) is 4.11. The van der Waals surface area contributed by atoms with Crippen LogP contribution >= 0.6 is 11.3 Å². The third kappa shape index (κ3) is 2.02. The van der Waals surface area contributed by atoms with Crippen molar-refractivity contribution in [3.05, 3.63) is 22.4 Å². The number of rotatable bonds is 1. The zero-order valence-electron chi connectivity index (χ0n) is 5.09. The quantitative estimate of drug-likeness (QED) is 0.762. The molecule has 0 aromatic carbocycles. The van der Waals surface area contributed by atoms with E-state index in [2.05, 4.69) is 0 Å². The molecule has 9 heavy (non-hydrogen) atoms. The molecule has 1 nitrogen and oxygen atoms in total. The van der Waals surface area contributed by atoms with Gasteiger partial charge in [0.25, 0.3) is 0 Å². The molecule has 47 valence electrons. The summed E-state index contributed by atoms with van der Waals surface area (Å²) >= 11 is 2.41. The van der Waals surface area contributed by atoms with Gasteiger partial charge in [-0.15, -0.1) is 0 Å². The molecule has 0 saturated heterocycles. The summed E-state index contributed by atoms with van der Waals surface area (Å²) in [4.78, 5) is 1.08. The summed E-state index contributed by atoms with van der Waals surface area (Å²) in [5, 5.41) is 11.4. The first-order valence-corrected chi connectivity index (χ1v) is 5.44. The third-order valence-corrected chi connectivity index (χ3v) is 3.83. The van der Waals surface area contributed by atoms with Crippen molar-refractivity contribution < 1.29 is 5.11 Å². The minimum atomic E-state index is -0.520. The predicted molar refractivity (Wildman–Crippen MR) is 39.6 cm³/mol. The molecule has 1 rings (SSSR count). The van der Waals surface area contributed by atoms with Gasteiger partial charge in [-0.3, -0.25) is 0 Å². The fourth-order valence-electron chi connectivity index (χ4n) is 0.556. The van der Waals surface area contributed by atoms with Crippen LogP contribution in [-0.4, -0.2) is 30.9 Å². The van der Waals surface area contributed by atoms with Gasteiger partial charge in [0.1, 0.15) is 0 Å². The van der Waals surface area contributed by atoms with E-state index in [0.717, 1.165) is 30.6 Å². The number of hydrogen-bond acceptors (Lipinski definition) is 2. The Hall–Kier alpha value is 0.582. The van der Waals surface area contributed by atoms with Crippen LogP contribution in [0.2, 0.25) is 0 Å². The standard InChI is InChI=1S/C6H7OS.Pb/c1-5(7)6-3-2-4-8-6;/h2-4,7H,1H3;. The fraction of sp³-hybridized carbons (Fsp3) is 0.333. The van der Waals surface area contributed by atoms with E-state index < -0.39 is 3.16 Å². The maximum absolute atomic E-state index is 9.45. The van der Waals surface area contributed by atoms with Gasteiger partial charge in [-0.2, -0.15) is 0 Å². The molecule has 1 aromatic rings. The molecule has 0 aliphatic rings. The summed E-state index contributed by atoms with van der Waals surface area (Å²) in [5.41, 5.74) is 0. The van der Waals surface area contributed by atoms with Crippen molar-refractivity contribution in [3.63, 3.8) is 0 Å². The molecular formula is C6H7OPbS. The summed E-state index contributed by atoms with van der Waals surface area (Å²) < 4.78 is -0.520. The van der Waals surface area contributed by atoms with Gasteiger partial charge in [0.05, 0.1) is 0 Å². The van der Waals surface area contributed by atoms with Crippen molar-refractivity contribution in [3.8, 4) is 0 Å². The third-order valence-electron chi connectivity index (χ3n) is 1.00. The normalized spacial score (nSPS) is 17.2. The van der Waals surface area contributed by atoms with E-state index in [1.807, 2.05) is 24.4 Å². The van der Waals surface area contributed by atoms with Crippen LogP contribution in [0.4, 0.5) is 0 Å². The minimum absolute atomic E-state index is 0.520. The molecular weight excluding hydrogens is 327 g/mol. The van der Waals surface area contributed by atoms with Crippen LogP contribution in [0.3, 0.4) is 0 Å². The average Bonchev–Trinajstić information content (AvgIpc) is 2.08. The first kappa shape index (κ1) is 7.69. The summed E-state index contributed by atoms with van der Waals surface area (Å²) in [5.74, 6) is 0. The molecule has 0 aliphatic heterocycles. The Labute approximate surface area is 74.4 Å². The summed E-state index contributed by atoms with van der Waals surface area (Å²) in [6.45, 7) is 1.85. The van der Waals surface area contributed by atoms with E-state index in [1.165, 1.54) is 0 Å². The van der Waals surface area contributed by atoms with Crippen LogP contribution in [0.15, 0.2) is 17.5 Å². The maximum atomic E-state index is 9.45. The van der Waals surface area contributed by atoms with Crippen LogP contribution in [0, 0.1) is 0 Å². The fourth-order valence-corrected chi connectivity index (χ4v) is 2.26. The van der Waals surface area contributed by atoms with E-state index in [4.69, 9.17) is 0 Å². The van der Waals surface area contributed by atoms with Gasteiger partial charge in [-0.1, -0.05) is 0 Å². The van der Waals surface area contributed by atoms with Gasteiger partial charge >= 0.3 is 74.7 Å². The van der Waals surface area contributed by atoms with E-state index in [0.29, 0.717) is 0 Å². The molecule has 0 fully saturated rings. The van der Waals surface area contributed by atoms with Crippen molar-refractivity contribution in [2.45, 2.75) is 10.1 Å². The molecule has 1 unspecified atom stereocenters. The molecule has 0 aliphatic carbocycles. The van der Waals surface area contributed by atoms with Gasteiger partial charge in [0, 0.05) is 0 Å². The predicted octanol–water partition coefficient (Wildman–Crippen LogP) is 1.08. The van der Waals surface area contributed by atoms with Crippen LogP contribution in [0.5, 0.6) is 0 Å².